The van der Waals surface area contributed by atoms with Crippen LogP contribution in [-0.2, 0) is 4.79 Å². The van der Waals surface area contributed by atoms with Crippen LogP contribution in [-0.4, -0.2) is 28.0 Å². The highest BCUT2D eigenvalue weighted by Crippen LogP contribution is 2.30. The summed E-state index contributed by atoms with van der Waals surface area (Å²) in [7, 11) is 0. The number of thiazole rings is 1. The van der Waals surface area contributed by atoms with Gasteiger partial charge in [0.15, 0.2) is 5.13 Å². The topological polar surface area (TPSA) is 87.5 Å². The van der Waals surface area contributed by atoms with Gasteiger partial charge in [-0.05, 0) is 24.3 Å². The van der Waals surface area contributed by atoms with Crippen molar-refractivity contribution in [3.05, 3.63) is 71.0 Å². The standard InChI is InChI=1S/C18H13F2N5O2S/c1-11(26)25(16-5-4-13(19)7-15(16)20)18-23-14(10-28-18)9-22-24-17(27)12-3-2-6-21-8-12/h2-10H,1H3,(H,24,27)/b22-9-. The van der Waals surface area contributed by atoms with E-state index >= 15 is 0 Å². The van der Waals surface area contributed by atoms with Crippen molar-refractivity contribution in [2.75, 3.05) is 4.90 Å². The van der Waals surface area contributed by atoms with Crippen LogP contribution in [0, 0.1) is 11.6 Å². The van der Waals surface area contributed by atoms with Gasteiger partial charge in [-0.1, -0.05) is 0 Å². The lowest BCUT2D eigenvalue weighted by Crippen LogP contribution is -2.23. The van der Waals surface area contributed by atoms with Crippen LogP contribution in [0.4, 0.5) is 19.6 Å². The van der Waals surface area contributed by atoms with E-state index in [1.54, 1.807) is 23.7 Å². The molecule has 0 bridgehead atoms. The fraction of sp³-hybridized carbons (Fsp3) is 0.0556. The molecule has 3 aromatic rings. The number of carbonyl (C=O) groups is 2. The predicted molar refractivity (Wildman–Crippen MR) is 101 cm³/mol. The molecule has 0 radical (unpaired) electrons. The number of carbonyl (C=O) groups excluding carboxylic acids is 2. The molecule has 2 heterocycles. The molecule has 0 atom stereocenters. The molecule has 1 N–H and O–H groups in total. The molecular weight excluding hydrogens is 388 g/mol. The molecule has 0 saturated carbocycles. The third-order valence-electron chi connectivity index (χ3n) is 3.45. The van der Waals surface area contributed by atoms with Gasteiger partial charge in [0.05, 0.1) is 23.2 Å². The minimum absolute atomic E-state index is 0.114. The highest BCUT2D eigenvalue weighted by Gasteiger charge is 2.21. The number of hydrazone groups is 1. The lowest BCUT2D eigenvalue weighted by Gasteiger charge is -2.18. The summed E-state index contributed by atoms with van der Waals surface area (Å²) >= 11 is 1.07. The first-order valence-electron chi connectivity index (χ1n) is 7.90. The van der Waals surface area contributed by atoms with Crippen molar-refractivity contribution in [2.45, 2.75) is 6.92 Å². The summed E-state index contributed by atoms with van der Waals surface area (Å²) in [4.78, 5) is 32.9. The number of aromatic nitrogens is 2. The lowest BCUT2D eigenvalue weighted by molar-refractivity contribution is -0.115. The molecule has 0 aliphatic carbocycles. The van der Waals surface area contributed by atoms with Gasteiger partial charge in [-0.3, -0.25) is 19.5 Å². The van der Waals surface area contributed by atoms with Crippen LogP contribution in [0.5, 0.6) is 0 Å². The number of hydrogen-bond acceptors (Lipinski definition) is 6. The second-order valence-corrected chi connectivity index (χ2v) is 6.28. The molecule has 0 aliphatic rings. The van der Waals surface area contributed by atoms with Crippen molar-refractivity contribution in [1.82, 2.24) is 15.4 Å². The fourth-order valence-electron chi connectivity index (χ4n) is 2.23. The molecule has 1 aromatic carbocycles. The highest BCUT2D eigenvalue weighted by atomic mass is 32.1. The summed E-state index contributed by atoms with van der Waals surface area (Å²) in [5.74, 6) is -2.57. The van der Waals surface area contributed by atoms with Crippen molar-refractivity contribution in [1.29, 1.82) is 0 Å². The summed E-state index contributed by atoms with van der Waals surface area (Å²) in [6, 6.07) is 6.11. The molecule has 10 heteroatoms. The Hall–Kier alpha value is -3.53. The van der Waals surface area contributed by atoms with Crippen LogP contribution in [0.2, 0.25) is 0 Å². The van der Waals surface area contributed by atoms with Crippen molar-refractivity contribution in [2.24, 2.45) is 5.10 Å². The number of amides is 2. The quantitative estimate of drug-likeness (QED) is 0.525. The summed E-state index contributed by atoms with van der Waals surface area (Å²) in [6.45, 7) is 1.24. The maximum Gasteiger partial charge on any atom is 0.272 e. The van der Waals surface area contributed by atoms with E-state index in [1.807, 2.05) is 0 Å². The average Bonchev–Trinajstić information content (AvgIpc) is 3.12. The Morgan fingerprint density at radius 2 is 2.11 bits per heavy atom. The Morgan fingerprint density at radius 1 is 1.29 bits per heavy atom. The molecule has 142 valence electrons. The number of rotatable bonds is 5. The maximum atomic E-state index is 14.1. The predicted octanol–water partition coefficient (Wildman–Crippen LogP) is 3.26. The van der Waals surface area contributed by atoms with Gasteiger partial charge >= 0.3 is 0 Å². The molecule has 0 spiro atoms. The zero-order valence-corrected chi connectivity index (χ0v) is 15.3. The molecule has 3 rings (SSSR count). The first-order chi connectivity index (χ1) is 13.5. The van der Waals surface area contributed by atoms with E-state index in [-0.39, 0.29) is 10.8 Å². The van der Waals surface area contributed by atoms with Gasteiger partial charge in [-0.2, -0.15) is 5.10 Å². The average molecular weight is 401 g/mol. The van der Waals surface area contributed by atoms with Gasteiger partial charge < -0.3 is 0 Å². The first-order valence-corrected chi connectivity index (χ1v) is 8.78. The van der Waals surface area contributed by atoms with Crippen LogP contribution in [0.25, 0.3) is 0 Å². The third-order valence-corrected chi connectivity index (χ3v) is 4.30. The Labute approximate surface area is 162 Å². The first kappa shape index (κ1) is 19.2. The lowest BCUT2D eigenvalue weighted by atomic mass is 10.2. The normalized spacial score (nSPS) is 10.8. The number of nitrogens with one attached hydrogen (secondary N) is 1. The Morgan fingerprint density at radius 3 is 2.79 bits per heavy atom. The van der Waals surface area contributed by atoms with Gasteiger partial charge in [0.1, 0.15) is 11.6 Å². The number of anilines is 2. The molecule has 2 amide bonds. The van der Waals surface area contributed by atoms with E-state index in [2.05, 4.69) is 20.5 Å². The second kappa shape index (κ2) is 8.44. The summed E-state index contributed by atoms with van der Waals surface area (Å²) in [5.41, 5.74) is 2.90. The molecule has 0 saturated heterocycles. The Kier molecular flexibility index (Phi) is 5.80. The molecule has 0 fully saturated rings. The van der Waals surface area contributed by atoms with Gasteiger partial charge in [-0.15, -0.1) is 11.3 Å². The second-order valence-electron chi connectivity index (χ2n) is 5.45. The van der Waals surface area contributed by atoms with Gasteiger partial charge in [0.25, 0.3) is 5.91 Å². The van der Waals surface area contributed by atoms with Crippen molar-refractivity contribution >= 4 is 40.2 Å². The van der Waals surface area contributed by atoms with E-state index in [4.69, 9.17) is 0 Å². The minimum atomic E-state index is -0.885. The molecule has 0 unspecified atom stereocenters. The largest absolute Gasteiger partial charge is 0.274 e. The molecular formula is C18H13F2N5O2S. The van der Waals surface area contributed by atoms with E-state index in [0.29, 0.717) is 17.3 Å². The smallest absolute Gasteiger partial charge is 0.272 e. The van der Waals surface area contributed by atoms with Crippen molar-refractivity contribution in [3.63, 3.8) is 0 Å². The van der Waals surface area contributed by atoms with Crippen molar-refractivity contribution in [3.8, 4) is 0 Å². The summed E-state index contributed by atoms with van der Waals surface area (Å²) in [6.07, 6.45) is 4.23. The zero-order valence-electron chi connectivity index (χ0n) is 14.5. The van der Waals surface area contributed by atoms with Crippen LogP contribution in [0.3, 0.4) is 0 Å². The van der Waals surface area contributed by atoms with Gasteiger partial charge in [-0.25, -0.2) is 19.2 Å². The van der Waals surface area contributed by atoms with E-state index in [9.17, 15) is 18.4 Å². The molecule has 0 aliphatic heterocycles. The van der Waals surface area contributed by atoms with Gasteiger partial charge in [0, 0.05) is 30.8 Å². The highest BCUT2D eigenvalue weighted by molar-refractivity contribution is 7.14. The van der Waals surface area contributed by atoms with E-state index in [1.165, 1.54) is 19.3 Å². The zero-order chi connectivity index (χ0) is 20.1. The fourth-order valence-corrected chi connectivity index (χ4v) is 3.06. The summed E-state index contributed by atoms with van der Waals surface area (Å²) < 4.78 is 27.2. The van der Waals surface area contributed by atoms with Crippen LogP contribution in [0.1, 0.15) is 23.0 Å². The van der Waals surface area contributed by atoms with Crippen molar-refractivity contribution < 1.29 is 18.4 Å². The van der Waals surface area contributed by atoms with E-state index < -0.39 is 23.4 Å². The molecule has 7 nitrogen and oxygen atoms in total. The van der Waals surface area contributed by atoms with Crippen LogP contribution in [0.15, 0.2) is 53.2 Å². The number of halogens is 2. The van der Waals surface area contributed by atoms with Crippen LogP contribution < -0.4 is 10.3 Å². The van der Waals surface area contributed by atoms with E-state index in [0.717, 1.165) is 28.4 Å². The number of hydrogen-bond donors (Lipinski definition) is 1. The SMILES string of the molecule is CC(=O)N(c1nc(/C=N\NC(=O)c2cccnc2)cs1)c1ccc(F)cc1F. The Balaban J connectivity index is 1.76. The number of nitrogens with zero attached hydrogens (tertiary/aromatic N) is 4. The monoisotopic (exact) mass is 401 g/mol. The molecule has 2 aromatic heterocycles. The minimum Gasteiger partial charge on any atom is -0.274 e. The van der Waals surface area contributed by atoms with Gasteiger partial charge in [0.2, 0.25) is 5.91 Å². The number of benzene rings is 1. The van der Waals surface area contributed by atoms with Crippen LogP contribution >= 0.6 is 11.3 Å². The third kappa shape index (κ3) is 4.41. The summed E-state index contributed by atoms with van der Waals surface area (Å²) in [5, 5.41) is 5.56. The Bertz CT molecular complexity index is 1040. The maximum absolute atomic E-state index is 14.1. The number of pyridine rings is 1. The molecule has 28 heavy (non-hydrogen) atoms.